The minimum absolute atomic E-state index is 0.192. The summed E-state index contributed by atoms with van der Waals surface area (Å²) in [6, 6.07) is 0. The highest BCUT2D eigenvalue weighted by Crippen LogP contribution is 2.66. The molecule has 1 N–H and O–H groups in total. The van der Waals surface area contributed by atoms with E-state index in [1.807, 2.05) is 6.92 Å². The molecule has 0 spiro atoms. The summed E-state index contributed by atoms with van der Waals surface area (Å²) in [5.74, 6) is 3.44. The number of fused-ring (bicyclic) bond motifs is 5. The van der Waals surface area contributed by atoms with Crippen LogP contribution in [0.25, 0.3) is 0 Å². The lowest BCUT2D eigenvalue weighted by Crippen LogP contribution is -2.57. The average molecular weight is 319 g/mol. The Kier molecular flexibility index (Phi) is 3.72. The summed E-state index contributed by atoms with van der Waals surface area (Å²) >= 11 is 0. The number of hydrogen-bond donors (Lipinski definition) is 1. The standard InChI is InChI=1S/C21H34O2/c1-13(22)16-9-10-17-15-8-7-14-6-4-5-11-20(14,2)18(15)12-19(23)21(16,17)3/h13-18,22H,4-12H2,1-3H3/t13?,14?,15-,16+,17-,18-,20-,21+/m0/s1. The first kappa shape index (κ1) is 16.1. The van der Waals surface area contributed by atoms with E-state index in [2.05, 4.69) is 13.8 Å². The summed E-state index contributed by atoms with van der Waals surface area (Å²) in [5, 5.41) is 10.3. The maximum Gasteiger partial charge on any atom is 0.139 e. The largest absolute Gasteiger partial charge is 0.393 e. The first-order chi connectivity index (χ1) is 10.9. The molecule has 2 heteroatoms. The van der Waals surface area contributed by atoms with Gasteiger partial charge in [-0.25, -0.2) is 0 Å². The predicted octanol–water partition coefficient (Wildman–Crippen LogP) is 4.60. The Bertz CT molecular complexity index is 498. The Hall–Kier alpha value is -0.370. The second kappa shape index (κ2) is 5.31. The van der Waals surface area contributed by atoms with Crippen molar-refractivity contribution in [2.24, 2.45) is 40.4 Å². The van der Waals surface area contributed by atoms with Crippen LogP contribution in [-0.4, -0.2) is 17.0 Å². The van der Waals surface area contributed by atoms with Crippen molar-refractivity contribution in [2.75, 3.05) is 0 Å². The van der Waals surface area contributed by atoms with Gasteiger partial charge in [0.15, 0.2) is 0 Å². The Labute approximate surface area is 141 Å². The van der Waals surface area contributed by atoms with Crippen molar-refractivity contribution < 1.29 is 9.90 Å². The zero-order valence-electron chi connectivity index (χ0n) is 15.2. The molecule has 4 fully saturated rings. The van der Waals surface area contributed by atoms with Crippen molar-refractivity contribution in [1.29, 1.82) is 0 Å². The van der Waals surface area contributed by atoms with Gasteiger partial charge in [0.2, 0.25) is 0 Å². The summed E-state index contributed by atoms with van der Waals surface area (Å²) < 4.78 is 0. The molecule has 0 aromatic heterocycles. The van der Waals surface area contributed by atoms with Gasteiger partial charge in [-0.2, -0.15) is 0 Å². The summed E-state index contributed by atoms with van der Waals surface area (Å²) in [6.07, 6.45) is 10.9. The van der Waals surface area contributed by atoms with Crippen LogP contribution >= 0.6 is 0 Å². The van der Waals surface area contributed by atoms with Crippen molar-refractivity contribution in [2.45, 2.75) is 84.7 Å². The molecule has 0 aliphatic heterocycles. The molecule has 0 radical (unpaired) electrons. The predicted molar refractivity (Wildman–Crippen MR) is 91.9 cm³/mol. The Morgan fingerprint density at radius 3 is 2.57 bits per heavy atom. The number of carbonyl (C=O) groups is 1. The lowest BCUT2D eigenvalue weighted by Gasteiger charge is -2.60. The number of carbonyl (C=O) groups excluding carboxylic acids is 1. The topological polar surface area (TPSA) is 37.3 Å². The van der Waals surface area contributed by atoms with Crippen LogP contribution in [0.3, 0.4) is 0 Å². The van der Waals surface area contributed by atoms with Gasteiger partial charge in [0.05, 0.1) is 6.10 Å². The van der Waals surface area contributed by atoms with Gasteiger partial charge in [0.25, 0.3) is 0 Å². The third kappa shape index (κ3) is 2.06. The lowest BCUT2D eigenvalue weighted by atomic mass is 9.44. The molecule has 2 unspecified atom stereocenters. The van der Waals surface area contributed by atoms with Crippen LogP contribution in [0.5, 0.6) is 0 Å². The molecule has 130 valence electrons. The van der Waals surface area contributed by atoms with Crippen molar-refractivity contribution in [3.8, 4) is 0 Å². The minimum atomic E-state index is -0.341. The highest BCUT2D eigenvalue weighted by Gasteiger charge is 2.63. The van der Waals surface area contributed by atoms with Gasteiger partial charge >= 0.3 is 0 Å². The number of aliphatic hydroxyl groups excluding tert-OH is 1. The third-order valence-electron chi connectivity index (χ3n) is 9.10. The van der Waals surface area contributed by atoms with E-state index in [1.165, 1.54) is 44.9 Å². The van der Waals surface area contributed by atoms with Gasteiger partial charge in [-0.05, 0) is 80.5 Å². The highest BCUT2D eigenvalue weighted by molar-refractivity contribution is 5.87. The Morgan fingerprint density at radius 2 is 1.83 bits per heavy atom. The van der Waals surface area contributed by atoms with E-state index >= 15 is 0 Å². The molecule has 0 aromatic carbocycles. The molecule has 8 atom stereocenters. The van der Waals surface area contributed by atoms with Crippen molar-refractivity contribution in [1.82, 2.24) is 0 Å². The van der Waals surface area contributed by atoms with Crippen molar-refractivity contribution in [3.05, 3.63) is 0 Å². The fraction of sp³-hybridized carbons (Fsp3) is 0.952. The van der Waals surface area contributed by atoms with Crippen LogP contribution in [0.1, 0.15) is 78.6 Å². The first-order valence-electron chi connectivity index (χ1n) is 10.1. The maximum atomic E-state index is 13.3. The number of hydrogen-bond acceptors (Lipinski definition) is 2. The highest BCUT2D eigenvalue weighted by atomic mass is 16.3. The SMILES string of the molecule is CC(O)[C@H]1CC[C@H]2[C@@H]3CCC4CCCC[C@]4(C)[C@H]3CC(=O)[C@]12C. The molecular weight excluding hydrogens is 284 g/mol. The van der Waals surface area contributed by atoms with Gasteiger partial charge in [0, 0.05) is 11.8 Å². The second-order valence-electron chi connectivity index (χ2n) is 9.74. The molecule has 0 amide bonds. The van der Waals surface area contributed by atoms with E-state index in [0.717, 1.165) is 24.7 Å². The van der Waals surface area contributed by atoms with Crippen LogP contribution in [0, 0.1) is 40.4 Å². The molecule has 23 heavy (non-hydrogen) atoms. The van der Waals surface area contributed by atoms with Crippen LogP contribution in [-0.2, 0) is 4.79 Å². The quantitative estimate of drug-likeness (QED) is 0.767. The van der Waals surface area contributed by atoms with E-state index in [-0.39, 0.29) is 17.4 Å². The summed E-state index contributed by atoms with van der Waals surface area (Å²) in [6.45, 7) is 6.62. The van der Waals surface area contributed by atoms with E-state index in [0.29, 0.717) is 23.0 Å². The van der Waals surface area contributed by atoms with E-state index in [1.54, 1.807) is 0 Å². The normalized spacial score (nSPS) is 54.1. The zero-order valence-corrected chi connectivity index (χ0v) is 15.2. The number of rotatable bonds is 1. The van der Waals surface area contributed by atoms with Gasteiger partial charge in [-0.1, -0.05) is 26.7 Å². The Balaban J connectivity index is 1.68. The smallest absolute Gasteiger partial charge is 0.139 e. The molecule has 4 saturated carbocycles. The van der Waals surface area contributed by atoms with Crippen LogP contribution < -0.4 is 0 Å². The second-order valence-corrected chi connectivity index (χ2v) is 9.74. The maximum absolute atomic E-state index is 13.3. The molecular formula is C21H34O2. The van der Waals surface area contributed by atoms with Gasteiger partial charge in [0.1, 0.15) is 5.78 Å². The molecule has 0 saturated heterocycles. The summed E-state index contributed by atoms with van der Waals surface area (Å²) in [4.78, 5) is 13.3. The van der Waals surface area contributed by atoms with Gasteiger partial charge < -0.3 is 5.11 Å². The molecule has 4 aliphatic rings. The van der Waals surface area contributed by atoms with Crippen LogP contribution in [0.15, 0.2) is 0 Å². The fourth-order valence-corrected chi connectivity index (χ4v) is 7.81. The number of Topliss-reactive ketones (excluding diaryl/α,β-unsaturated/α-hetero) is 1. The molecule has 2 nitrogen and oxygen atoms in total. The number of ketones is 1. The van der Waals surface area contributed by atoms with Crippen LogP contribution in [0.2, 0.25) is 0 Å². The monoisotopic (exact) mass is 318 g/mol. The first-order valence-corrected chi connectivity index (χ1v) is 10.1. The van der Waals surface area contributed by atoms with E-state index in [9.17, 15) is 9.90 Å². The summed E-state index contributed by atoms with van der Waals surface area (Å²) in [5.41, 5.74) is 0.175. The van der Waals surface area contributed by atoms with Crippen LogP contribution in [0.4, 0.5) is 0 Å². The third-order valence-corrected chi connectivity index (χ3v) is 9.10. The Morgan fingerprint density at radius 1 is 1.04 bits per heavy atom. The van der Waals surface area contributed by atoms with Gasteiger partial charge in [-0.3, -0.25) is 4.79 Å². The average Bonchev–Trinajstić information content (AvgIpc) is 2.87. The molecule has 4 rings (SSSR count). The zero-order chi connectivity index (χ0) is 16.4. The van der Waals surface area contributed by atoms with E-state index in [4.69, 9.17) is 0 Å². The molecule has 4 aliphatic carbocycles. The molecule has 0 aromatic rings. The molecule has 0 heterocycles. The number of aliphatic hydroxyl groups is 1. The molecule has 0 bridgehead atoms. The van der Waals surface area contributed by atoms with E-state index < -0.39 is 0 Å². The fourth-order valence-electron chi connectivity index (χ4n) is 7.81. The van der Waals surface area contributed by atoms with Crippen molar-refractivity contribution in [3.63, 3.8) is 0 Å². The summed E-state index contributed by atoms with van der Waals surface area (Å²) in [7, 11) is 0. The van der Waals surface area contributed by atoms with Crippen molar-refractivity contribution >= 4 is 5.78 Å². The lowest BCUT2D eigenvalue weighted by molar-refractivity contribution is -0.159. The van der Waals surface area contributed by atoms with Gasteiger partial charge in [-0.15, -0.1) is 0 Å². The minimum Gasteiger partial charge on any atom is -0.393 e.